The SMILES string of the molecule is C=C(/C=C\C(Cl)=C(/C)Cc1ccc(OCC)cc1)[C@@H]1O[C@H](CCOC(C)=O)[C@@H](OC(C)=O)[C@H](OC(C)=O)[C@H]1OC(C)=O. The third-order valence-corrected chi connectivity index (χ3v) is 6.62. The minimum absolute atomic E-state index is 0.0584. The van der Waals surface area contributed by atoms with Gasteiger partial charge in [0.1, 0.15) is 18.0 Å². The van der Waals surface area contributed by atoms with Gasteiger partial charge in [0.25, 0.3) is 0 Å². The lowest BCUT2D eigenvalue weighted by atomic mass is 9.89. The number of esters is 4. The van der Waals surface area contributed by atoms with E-state index < -0.39 is 54.4 Å². The Hall–Kier alpha value is -3.63. The summed E-state index contributed by atoms with van der Waals surface area (Å²) in [6, 6.07) is 7.72. The summed E-state index contributed by atoms with van der Waals surface area (Å²) in [7, 11) is 0. The zero-order chi connectivity index (χ0) is 31.4. The van der Waals surface area contributed by atoms with Crippen LogP contribution in [0.5, 0.6) is 5.75 Å². The molecule has 2 rings (SSSR count). The first kappa shape index (κ1) is 34.6. The van der Waals surface area contributed by atoms with E-state index in [0.717, 1.165) is 16.9 Å². The van der Waals surface area contributed by atoms with Gasteiger partial charge >= 0.3 is 23.9 Å². The molecule has 10 nitrogen and oxygen atoms in total. The number of carbonyl (C=O) groups is 4. The second-order valence-corrected chi connectivity index (χ2v) is 10.1. The number of carbonyl (C=O) groups excluding carboxylic acids is 4. The third-order valence-electron chi connectivity index (χ3n) is 6.17. The van der Waals surface area contributed by atoms with Crippen LogP contribution in [0, 0.1) is 0 Å². The van der Waals surface area contributed by atoms with E-state index in [1.165, 1.54) is 27.7 Å². The summed E-state index contributed by atoms with van der Waals surface area (Å²) in [5.74, 6) is -1.75. The molecule has 0 spiro atoms. The van der Waals surface area contributed by atoms with Crippen LogP contribution in [-0.4, -0.2) is 67.6 Å². The quantitative estimate of drug-likeness (QED) is 0.176. The van der Waals surface area contributed by atoms with Gasteiger partial charge in [-0.05, 0) is 49.6 Å². The van der Waals surface area contributed by atoms with Crippen LogP contribution in [-0.2, 0) is 49.3 Å². The Morgan fingerprint density at radius 3 is 1.98 bits per heavy atom. The van der Waals surface area contributed by atoms with E-state index in [9.17, 15) is 19.2 Å². The summed E-state index contributed by atoms with van der Waals surface area (Å²) in [4.78, 5) is 47.5. The number of ether oxygens (including phenoxy) is 6. The lowest BCUT2D eigenvalue weighted by Crippen LogP contribution is -2.61. The van der Waals surface area contributed by atoms with Crippen molar-refractivity contribution in [2.45, 2.75) is 84.9 Å². The zero-order valence-corrected chi connectivity index (χ0v) is 25.6. The Morgan fingerprint density at radius 2 is 1.43 bits per heavy atom. The number of benzene rings is 1. The van der Waals surface area contributed by atoms with Gasteiger partial charge in [0, 0.05) is 39.1 Å². The predicted octanol–water partition coefficient (Wildman–Crippen LogP) is 4.77. The van der Waals surface area contributed by atoms with Crippen molar-refractivity contribution >= 4 is 35.5 Å². The molecule has 1 aromatic carbocycles. The third kappa shape index (κ3) is 11.0. The normalized spacial score (nSPS) is 22.5. The lowest BCUT2D eigenvalue weighted by Gasteiger charge is -2.45. The van der Waals surface area contributed by atoms with Gasteiger partial charge in [-0.3, -0.25) is 19.2 Å². The van der Waals surface area contributed by atoms with E-state index >= 15 is 0 Å². The Labute approximate surface area is 251 Å². The topological polar surface area (TPSA) is 124 Å². The molecule has 0 N–H and O–H groups in total. The maximum Gasteiger partial charge on any atom is 0.303 e. The number of rotatable bonds is 13. The van der Waals surface area contributed by atoms with Crippen LogP contribution in [0.3, 0.4) is 0 Å². The summed E-state index contributed by atoms with van der Waals surface area (Å²) < 4.78 is 33.3. The van der Waals surface area contributed by atoms with E-state index in [-0.39, 0.29) is 13.0 Å². The first-order valence-electron chi connectivity index (χ1n) is 13.6. The van der Waals surface area contributed by atoms with Gasteiger partial charge in [0.15, 0.2) is 18.3 Å². The first-order chi connectivity index (χ1) is 19.8. The Bertz CT molecular complexity index is 1190. The molecule has 5 atom stereocenters. The van der Waals surface area contributed by atoms with Crippen molar-refractivity contribution in [3.8, 4) is 5.75 Å². The summed E-state index contributed by atoms with van der Waals surface area (Å²) in [6.45, 7) is 13.3. The van der Waals surface area contributed by atoms with E-state index in [0.29, 0.717) is 23.6 Å². The molecule has 1 aromatic rings. The minimum Gasteiger partial charge on any atom is -0.494 e. The van der Waals surface area contributed by atoms with Crippen LogP contribution in [0.15, 0.2) is 59.2 Å². The van der Waals surface area contributed by atoms with Gasteiger partial charge in [-0.1, -0.05) is 42.0 Å². The monoisotopic (exact) mass is 606 g/mol. The fourth-order valence-electron chi connectivity index (χ4n) is 4.42. The molecule has 230 valence electrons. The molecule has 1 heterocycles. The zero-order valence-electron chi connectivity index (χ0n) is 24.8. The maximum absolute atomic E-state index is 12.1. The Morgan fingerprint density at radius 1 is 0.857 bits per heavy atom. The van der Waals surface area contributed by atoms with Crippen LogP contribution in [0.1, 0.15) is 53.5 Å². The Balaban J connectivity index is 2.36. The summed E-state index contributed by atoms with van der Waals surface area (Å²) in [5.41, 5.74) is 2.28. The van der Waals surface area contributed by atoms with Crippen LogP contribution in [0.4, 0.5) is 0 Å². The van der Waals surface area contributed by atoms with E-state index in [4.69, 9.17) is 40.0 Å². The molecular formula is C31H39ClO10. The highest BCUT2D eigenvalue weighted by Gasteiger charge is 2.52. The van der Waals surface area contributed by atoms with Gasteiger partial charge in [-0.25, -0.2) is 0 Å². The van der Waals surface area contributed by atoms with Crippen LogP contribution in [0.25, 0.3) is 0 Å². The second kappa shape index (κ2) is 16.7. The summed E-state index contributed by atoms with van der Waals surface area (Å²) in [5, 5.41) is 0.464. The van der Waals surface area contributed by atoms with Gasteiger partial charge in [0.05, 0.1) is 13.2 Å². The van der Waals surface area contributed by atoms with Crippen molar-refractivity contribution in [1.82, 2.24) is 0 Å². The fraction of sp³-hybridized carbons (Fsp3) is 0.484. The second-order valence-electron chi connectivity index (χ2n) is 9.74. The van der Waals surface area contributed by atoms with Crippen molar-refractivity contribution in [1.29, 1.82) is 0 Å². The first-order valence-corrected chi connectivity index (χ1v) is 13.9. The largest absolute Gasteiger partial charge is 0.494 e. The number of hydrogen-bond acceptors (Lipinski definition) is 10. The molecule has 0 radical (unpaired) electrons. The average Bonchev–Trinajstić information content (AvgIpc) is 2.90. The molecule has 0 aromatic heterocycles. The van der Waals surface area contributed by atoms with Crippen LogP contribution < -0.4 is 4.74 Å². The molecule has 0 saturated carbocycles. The van der Waals surface area contributed by atoms with Gasteiger partial charge in [0.2, 0.25) is 0 Å². The predicted molar refractivity (Wildman–Crippen MR) is 155 cm³/mol. The van der Waals surface area contributed by atoms with Crippen molar-refractivity contribution < 1.29 is 47.6 Å². The molecule has 11 heteroatoms. The summed E-state index contributed by atoms with van der Waals surface area (Å²) >= 11 is 6.60. The molecular weight excluding hydrogens is 568 g/mol. The molecule has 1 aliphatic rings. The van der Waals surface area contributed by atoms with Gasteiger partial charge < -0.3 is 28.4 Å². The van der Waals surface area contributed by atoms with E-state index in [1.807, 2.05) is 38.1 Å². The molecule has 42 heavy (non-hydrogen) atoms. The highest BCUT2D eigenvalue weighted by Crippen LogP contribution is 2.34. The number of allylic oxidation sites excluding steroid dienone is 3. The molecule has 0 unspecified atom stereocenters. The van der Waals surface area contributed by atoms with Gasteiger partial charge in [-0.2, -0.15) is 0 Å². The fourth-order valence-corrected chi connectivity index (χ4v) is 4.55. The van der Waals surface area contributed by atoms with Crippen molar-refractivity contribution in [2.75, 3.05) is 13.2 Å². The van der Waals surface area contributed by atoms with Crippen molar-refractivity contribution in [3.63, 3.8) is 0 Å². The number of hydrogen-bond donors (Lipinski definition) is 0. The van der Waals surface area contributed by atoms with Crippen LogP contribution in [0.2, 0.25) is 0 Å². The van der Waals surface area contributed by atoms with E-state index in [1.54, 1.807) is 12.2 Å². The minimum atomic E-state index is -1.23. The highest BCUT2D eigenvalue weighted by molar-refractivity contribution is 6.31. The molecule has 1 saturated heterocycles. The molecule has 1 fully saturated rings. The molecule has 0 aliphatic carbocycles. The van der Waals surface area contributed by atoms with Crippen molar-refractivity contribution in [3.05, 3.63) is 64.7 Å². The Kier molecular flexibility index (Phi) is 13.8. The smallest absolute Gasteiger partial charge is 0.303 e. The standard InChI is InChI=1S/C31H39ClO10/c1-8-37-25-12-10-24(11-13-25)17-19(3)26(32)14-9-18(2)28-30(40-22(6)35)31(41-23(7)36)29(39-21(5)34)27(42-28)15-16-38-20(4)33/h9-14,27-31H,2,8,15-17H2,1,3-7H3/b14-9-,26-19-/t27-,28+,29-,30+,31+/m1/s1. The number of halogens is 1. The molecule has 0 amide bonds. The van der Waals surface area contributed by atoms with Crippen molar-refractivity contribution in [2.24, 2.45) is 0 Å². The average molecular weight is 607 g/mol. The van der Waals surface area contributed by atoms with E-state index in [2.05, 4.69) is 6.58 Å². The summed E-state index contributed by atoms with van der Waals surface area (Å²) in [6.07, 6.45) is -1.54. The van der Waals surface area contributed by atoms with Gasteiger partial charge in [-0.15, -0.1) is 0 Å². The lowest BCUT2D eigenvalue weighted by molar-refractivity contribution is -0.241. The van der Waals surface area contributed by atoms with Crippen LogP contribution >= 0.6 is 11.6 Å². The molecule has 1 aliphatic heterocycles. The molecule has 0 bridgehead atoms. The highest BCUT2D eigenvalue weighted by atomic mass is 35.5. The maximum atomic E-state index is 12.1.